The molecule has 4 heterocycles. The number of allylic oxidation sites excluding steroid dienone is 3. The first-order valence-corrected chi connectivity index (χ1v) is 11.1. The van der Waals surface area contributed by atoms with Gasteiger partial charge in [-0.1, -0.05) is 30.3 Å². The van der Waals surface area contributed by atoms with Crippen molar-refractivity contribution >= 4 is 23.3 Å². The molecule has 5 nitrogen and oxygen atoms in total. The average molecular weight is 451 g/mol. The molecule has 5 rings (SSSR count). The van der Waals surface area contributed by atoms with E-state index in [0.29, 0.717) is 29.7 Å². The Hall–Kier alpha value is -2.96. The average Bonchev–Trinajstić information content (AvgIpc) is 3.16. The Bertz CT molecular complexity index is 1130. The number of nitrogens with zero attached hydrogens (tertiary/aromatic N) is 3. The van der Waals surface area contributed by atoms with E-state index >= 15 is 0 Å². The van der Waals surface area contributed by atoms with Gasteiger partial charge in [0.05, 0.1) is 18.8 Å². The van der Waals surface area contributed by atoms with E-state index in [0.717, 1.165) is 48.4 Å². The Labute approximate surface area is 192 Å². The smallest absolute Gasteiger partial charge is 0.134 e. The normalized spacial score (nSPS) is 22.7. The van der Waals surface area contributed by atoms with Gasteiger partial charge >= 0.3 is 0 Å². The number of benzene rings is 1. The van der Waals surface area contributed by atoms with Crippen molar-refractivity contribution in [1.82, 2.24) is 10.3 Å². The van der Waals surface area contributed by atoms with E-state index in [2.05, 4.69) is 21.8 Å². The van der Waals surface area contributed by atoms with Crippen molar-refractivity contribution in [1.29, 1.82) is 0 Å². The summed E-state index contributed by atoms with van der Waals surface area (Å²) < 4.78 is 19.7. The minimum absolute atomic E-state index is 0.205. The first kappa shape index (κ1) is 20.9. The highest BCUT2D eigenvalue weighted by Gasteiger charge is 2.42. The van der Waals surface area contributed by atoms with Crippen molar-refractivity contribution in [2.75, 3.05) is 24.5 Å². The molecular formula is C25H24ClFN4O. The van der Waals surface area contributed by atoms with E-state index in [4.69, 9.17) is 21.3 Å². The lowest BCUT2D eigenvalue weighted by atomic mass is 9.84. The number of pyridine rings is 1. The maximum absolute atomic E-state index is 13.6. The van der Waals surface area contributed by atoms with Crippen LogP contribution in [0.15, 0.2) is 77.1 Å². The van der Waals surface area contributed by atoms with Crippen molar-refractivity contribution in [3.05, 3.63) is 94.6 Å². The second kappa shape index (κ2) is 8.52. The number of rotatable bonds is 2. The van der Waals surface area contributed by atoms with Crippen LogP contribution in [0.5, 0.6) is 0 Å². The Kier molecular flexibility index (Phi) is 5.57. The van der Waals surface area contributed by atoms with E-state index in [1.807, 2.05) is 36.5 Å². The van der Waals surface area contributed by atoms with Gasteiger partial charge in [0.1, 0.15) is 17.5 Å². The Morgan fingerprint density at radius 3 is 2.81 bits per heavy atom. The predicted molar refractivity (Wildman–Crippen MR) is 125 cm³/mol. The number of piperidine rings is 1. The summed E-state index contributed by atoms with van der Waals surface area (Å²) in [5.41, 5.74) is 3.35. The van der Waals surface area contributed by atoms with Crippen LogP contribution in [0.2, 0.25) is 0 Å². The van der Waals surface area contributed by atoms with Gasteiger partial charge in [0.15, 0.2) is 0 Å². The molecule has 1 spiro atoms. The number of halogens is 2. The number of aliphatic imine (C=N–C) groups is 1. The molecule has 0 radical (unpaired) electrons. The van der Waals surface area contributed by atoms with Crippen molar-refractivity contribution in [2.45, 2.75) is 25.0 Å². The Balaban J connectivity index is 1.28. The molecule has 1 fully saturated rings. The second-order valence-corrected chi connectivity index (χ2v) is 8.68. The third-order valence-electron chi connectivity index (χ3n) is 6.20. The molecule has 3 aliphatic heterocycles. The fourth-order valence-electron chi connectivity index (χ4n) is 4.56. The lowest BCUT2D eigenvalue weighted by molar-refractivity contribution is -0.0551. The van der Waals surface area contributed by atoms with Crippen LogP contribution >= 0.6 is 11.6 Å². The number of ether oxygens (including phenoxy) is 1. The van der Waals surface area contributed by atoms with Gasteiger partial charge in [-0.05, 0) is 60.4 Å². The zero-order valence-electron chi connectivity index (χ0n) is 17.7. The molecule has 164 valence electrons. The molecule has 1 aromatic heterocycles. The topological polar surface area (TPSA) is 49.8 Å². The first-order chi connectivity index (χ1) is 15.5. The van der Waals surface area contributed by atoms with Crippen LogP contribution in [0.3, 0.4) is 0 Å². The minimum Gasteiger partial charge on any atom is -0.365 e. The predicted octanol–water partition coefficient (Wildman–Crippen LogP) is 4.79. The monoisotopic (exact) mass is 450 g/mol. The lowest BCUT2D eigenvalue weighted by Crippen LogP contribution is -2.42. The molecule has 0 unspecified atom stereocenters. The van der Waals surface area contributed by atoms with Crippen LogP contribution in [0.25, 0.3) is 0 Å². The number of fused-ring (bicyclic) bond motifs is 2. The molecular weight excluding hydrogens is 427 g/mol. The van der Waals surface area contributed by atoms with Gasteiger partial charge in [0.2, 0.25) is 0 Å². The summed E-state index contributed by atoms with van der Waals surface area (Å²) in [7, 11) is 0. The standard InChI is InChI=1S/C25H24ClFN4O/c1-17-13-20(26)3-2-10-28-24(30-17)18-4-7-23(29-15-18)31-11-8-25(9-12-31)22-6-5-21(27)14-19(22)16-32-25/h2-7,13-15H,1,8-12,16H2,(H,28,30)/b3-2-,20-13+. The molecule has 7 heteroatoms. The van der Waals surface area contributed by atoms with E-state index in [9.17, 15) is 4.39 Å². The fraction of sp³-hybridized carbons (Fsp3) is 0.280. The second-order valence-electron chi connectivity index (χ2n) is 8.25. The molecule has 0 saturated carbocycles. The number of nitrogens with one attached hydrogen (secondary N) is 1. The van der Waals surface area contributed by atoms with Crippen LogP contribution in [0.4, 0.5) is 10.2 Å². The van der Waals surface area contributed by atoms with Crippen molar-refractivity contribution in [3.63, 3.8) is 0 Å². The molecule has 0 bridgehead atoms. The number of hydrogen-bond donors (Lipinski definition) is 1. The maximum Gasteiger partial charge on any atom is 0.134 e. The maximum atomic E-state index is 13.6. The van der Waals surface area contributed by atoms with Gasteiger partial charge in [-0.3, -0.25) is 4.99 Å². The summed E-state index contributed by atoms with van der Waals surface area (Å²) in [6.07, 6.45) is 9.01. The van der Waals surface area contributed by atoms with Gasteiger partial charge in [-0.2, -0.15) is 0 Å². The van der Waals surface area contributed by atoms with Gasteiger partial charge in [-0.25, -0.2) is 9.37 Å². The molecule has 32 heavy (non-hydrogen) atoms. The first-order valence-electron chi connectivity index (χ1n) is 10.7. The van der Waals surface area contributed by atoms with Crippen LogP contribution in [0, 0.1) is 5.82 Å². The number of hydrogen-bond acceptors (Lipinski definition) is 5. The van der Waals surface area contributed by atoms with Crippen LogP contribution in [0.1, 0.15) is 29.5 Å². The number of anilines is 1. The summed E-state index contributed by atoms with van der Waals surface area (Å²) in [6.45, 7) is 6.63. The molecule has 1 saturated heterocycles. The molecule has 3 aliphatic rings. The quantitative estimate of drug-likeness (QED) is 0.714. The van der Waals surface area contributed by atoms with Crippen LogP contribution in [-0.2, 0) is 16.9 Å². The summed E-state index contributed by atoms with van der Waals surface area (Å²) in [5.74, 6) is 1.43. The van der Waals surface area contributed by atoms with Crippen LogP contribution < -0.4 is 10.2 Å². The van der Waals surface area contributed by atoms with Gasteiger partial charge in [-0.15, -0.1) is 0 Å². The van der Waals surface area contributed by atoms with Gasteiger partial charge in [0, 0.05) is 35.6 Å². The molecule has 1 aromatic carbocycles. The lowest BCUT2D eigenvalue weighted by Gasteiger charge is -2.39. The number of aromatic nitrogens is 1. The van der Waals surface area contributed by atoms with Gasteiger partial charge in [0.25, 0.3) is 0 Å². The zero-order valence-corrected chi connectivity index (χ0v) is 18.4. The van der Waals surface area contributed by atoms with E-state index < -0.39 is 0 Å². The summed E-state index contributed by atoms with van der Waals surface area (Å²) in [5, 5.41) is 3.81. The Morgan fingerprint density at radius 1 is 1.19 bits per heavy atom. The number of amidine groups is 1. The summed E-state index contributed by atoms with van der Waals surface area (Å²) in [6, 6.07) is 9.05. The van der Waals surface area contributed by atoms with Crippen molar-refractivity contribution < 1.29 is 9.13 Å². The minimum atomic E-state index is -0.307. The van der Waals surface area contributed by atoms with Crippen LogP contribution in [-0.4, -0.2) is 30.5 Å². The third kappa shape index (κ3) is 4.08. The van der Waals surface area contributed by atoms with E-state index in [1.165, 1.54) is 6.07 Å². The highest BCUT2D eigenvalue weighted by Crippen LogP contribution is 2.44. The van der Waals surface area contributed by atoms with E-state index in [-0.39, 0.29) is 11.4 Å². The zero-order chi connectivity index (χ0) is 22.1. The van der Waals surface area contributed by atoms with Crippen molar-refractivity contribution in [3.8, 4) is 0 Å². The van der Waals surface area contributed by atoms with Crippen molar-refractivity contribution in [2.24, 2.45) is 4.99 Å². The molecule has 0 aliphatic carbocycles. The third-order valence-corrected chi connectivity index (χ3v) is 6.44. The summed E-state index contributed by atoms with van der Waals surface area (Å²) in [4.78, 5) is 11.5. The molecule has 0 amide bonds. The van der Waals surface area contributed by atoms with E-state index in [1.54, 1.807) is 12.1 Å². The molecule has 2 aromatic rings. The molecule has 0 atom stereocenters. The fourth-order valence-corrected chi connectivity index (χ4v) is 4.78. The molecule has 1 N–H and O–H groups in total. The Morgan fingerprint density at radius 2 is 2.03 bits per heavy atom. The SMILES string of the molecule is C=C1/C=C(Cl)\C=C/CN=C(c2ccc(N3CCC4(CC3)OCc3cc(F)ccc34)nc2)N1. The highest BCUT2D eigenvalue weighted by atomic mass is 35.5. The summed E-state index contributed by atoms with van der Waals surface area (Å²) >= 11 is 6.12. The largest absolute Gasteiger partial charge is 0.365 e. The highest BCUT2D eigenvalue weighted by molar-refractivity contribution is 6.31. The van der Waals surface area contributed by atoms with Gasteiger partial charge < -0.3 is 15.0 Å².